The highest BCUT2D eigenvalue weighted by atomic mass is 16.2. The molecule has 1 aromatic heterocycles. The number of hydrogen-bond acceptors (Lipinski definition) is 2. The van der Waals surface area contributed by atoms with Crippen LogP contribution in [0.2, 0.25) is 0 Å². The van der Waals surface area contributed by atoms with E-state index in [9.17, 15) is 9.59 Å². The number of carbonyl (C=O) groups is 2. The second-order valence-corrected chi connectivity index (χ2v) is 6.11. The Morgan fingerprint density at radius 3 is 2.62 bits per heavy atom. The van der Waals surface area contributed by atoms with Gasteiger partial charge >= 0.3 is 0 Å². The van der Waals surface area contributed by atoms with Gasteiger partial charge in [0.05, 0.1) is 6.42 Å². The summed E-state index contributed by atoms with van der Waals surface area (Å²) >= 11 is 0. The number of aryl methyl sites for hydroxylation is 1. The zero-order valence-corrected chi connectivity index (χ0v) is 14.2. The number of para-hydroxylation sites is 1. The van der Waals surface area contributed by atoms with E-state index in [0.717, 1.165) is 28.6 Å². The monoisotopic (exact) mass is 325 g/mol. The minimum Gasteiger partial charge on any atom is -0.358 e. The Labute approximate surface area is 141 Å². The van der Waals surface area contributed by atoms with Crippen LogP contribution in [0.4, 0.5) is 0 Å². The topological polar surface area (TPSA) is 56.4 Å². The average molecular weight is 325 g/mol. The van der Waals surface area contributed by atoms with E-state index in [1.807, 2.05) is 50.3 Å². The molecule has 1 fully saturated rings. The predicted molar refractivity (Wildman–Crippen MR) is 94.2 cm³/mol. The molecule has 0 bridgehead atoms. The van der Waals surface area contributed by atoms with E-state index < -0.39 is 0 Å². The van der Waals surface area contributed by atoms with E-state index in [2.05, 4.69) is 4.98 Å². The van der Waals surface area contributed by atoms with Gasteiger partial charge in [-0.15, -0.1) is 0 Å². The van der Waals surface area contributed by atoms with Crippen molar-refractivity contribution in [2.75, 3.05) is 13.1 Å². The molecule has 1 aliphatic rings. The number of rotatable bonds is 4. The first-order chi connectivity index (χ1) is 11.6. The van der Waals surface area contributed by atoms with Crippen LogP contribution in [0, 0.1) is 6.92 Å². The zero-order chi connectivity index (χ0) is 17.1. The van der Waals surface area contributed by atoms with E-state index in [-0.39, 0.29) is 11.8 Å². The van der Waals surface area contributed by atoms with E-state index in [0.29, 0.717) is 25.9 Å². The number of allylic oxidation sites excluding steroid dienone is 1. The maximum atomic E-state index is 12.8. The number of benzene rings is 1. The summed E-state index contributed by atoms with van der Waals surface area (Å²) in [6.07, 6.45) is 5.17. The summed E-state index contributed by atoms with van der Waals surface area (Å²) in [5.41, 5.74) is 3.07. The lowest BCUT2D eigenvalue weighted by Crippen LogP contribution is -2.45. The molecule has 0 unspecified atom stereocenters. The van der Waals surface area contributed by atoms with Crippen LogP contribution in [0.5, 0.6) is 0 Å². The first kappa shape index (κ1) is 16.3. The first-order valence-corrected chi connectivity index (χ1v) is 8.39. The van der Waals surface area contributed by atoms with E-state index in [4.69, 9.17) is 0 Å². The highest BCUT2D eigenvalue weighted by Gasteiger charge is 2.30. The molecule has 5 nitrogen and oxygen atoms in total. The van der Waals surface area contributed by atoms with Crippen LogP contribution in [0.25, 0.3) is 10.9 Å². The number of hydrazine groups is 1. The number of amides is 2. The molecular formula is C19H23N3O2. The minimum absolute atomic E-state index is 0.0189. The Bertz CT molecular complexity index is 791. The Morgan fingerprint density at radius 2 is 1.88 bits per heavy atom. The van der Waals surface area contributed by atoms with Crippen molar-refractivity contribution in [3.63, 3.8) is 0 Å². The third-order valence-electron chi connectivity index (χ3n) is 4.49. The molecule has 0 saturated carbocycles. The molecule has 0 atom stereocenters. The van der Waals surface area contributed by atoms with Crippen LogP contribution in [-0.4, -0.2) is 39.9 Å². The van der Waals surface area contributed by atoms with Crippen LogP contribution in [-0.2, 0) is 16.0 Å². The lowest BCUT2D eigenvalue weighted by Gasteiger charge is -2.27. The highest BCUT2D eigenvalue weighted by Crippen LogP contribution is 2.24. The van der Waals surface area contributed by atoms with Gasteiger partial charge in [0.2, 0.25) is 11.8 Å². The van der Waals surface area contributed by atoms with E-state index >= 15 is 0 Å². The standard InChI is InChI=1S/C19H23N3O2/c1-3-4-10-18(23)21-11-7-12-22(21)19(24)13-16-14(2)20-17-9-6-5-8-15(16)17/h3-6,8-9,20H,7,10-13H2,1-2H3. The second-order valence-electron chi connectivity index (χ2n) is 6.11. The van der Waals surface area contributed by atoms with Crippen LogP contribution < -0.4 is 0 Å². The quantitative estimate of drug-likeness (QED) is 0.879. The van der Waals surface area contributed by atoms with Gasteiger partial charge in [0.1, 0.15) is 0 Å². The van der Waals surface area contributed by atoms with Crippen LogP contribution in [0.15, 0.2) is 36.4 Å². The Kier molecular flexibility index (Phi) is 4.69. The molecule has 0 radical (unpaired) electrons. The zero-order valence-electron chi connectivity index (χ0n) is 14.2. The van der Waals surface area contributed by atoms with Crippen molar-refractivity contribution >= 4 is 22.7 Å². The maximum Gasteiger partial charge on any atom is 0.245 e. The molecule has 126 valence electrons. The van der Waals surface area contributed by atoms with Crippen molar-refractivity contribution in [2.24, 2.45) is 0 Å². The Balaban J connectivity index is 1.78. The number of aromatic amines is 1. The molecule has 1 aromatic carbocycles. The molecule has 2 heterocycles. The van der Waals surface area contributed by atoms with Gasteiger partial charge in [0, 0.05) is 36.1 Å². The van der Waals surface area contributed by atoms with E-state index in [1.165, 1.54) is 0 Å². The van der Waals surface area contributed by atoms with Crippen LogP contribution >= 0.6 is 0 Å². The fourth-order valence-electron chi connectivity index (χ4n) is 3.26. The van der Waals surface area contributed by atoms with Gasteiger partial charge in [0.25, 0.3) is 0 Å². The maximum absolute atomic E-state index is 12.8. The largest absolute Gasteiger partial charge is 0.358 e. The second kappa shape index (κ2) is 6.91. The van der Waals surface area contributed by atoms with Gasteiger partial charge in [-0.1, -0.05) is 30.4 Å². The number of carbonyl (C=O) groups excluding carboxylic acids is 2. The highest BCUT2D eigenvalue weighted by molar-refractivity contribution is 5.91. The smallest absolute Gasteiger partial charge is 0.245 e. The molecule has 5 heteroatoms. The summed E-state index contributed by atoms with van der Waals surface area (Å²) in [7, 11) is 0. The number of aromatic nitrogens is 1. The van der Waals surface area contributed by atoms with Gasteiger partial charge in [-0.25, -0.2) is 0 Å². The molecule has 3 rings (SSSR count). The number of fused-ring (bicyclic) bond motifs is 1. The fraction of sp³-hybridized carbons (Fsp3) is 0.368. The molecule has 1 aliphatic heterocycles. The van der Waals surface area contributed by atoms with Crippen molar-refractivity contribution in [2.45, 2.75) is 33.1 Å². The molecule has 1 N–H and O–H groups in total. The van der Waals surface area contributed by atoms with Crippen molar-refractivity contribution in [1.82, 2.24) is 15.0 Å². The average Bonchev–Trinajstić information content (AvgIpc) is 3.18. The number of H-pyrrole nitrogens is 1. The lowest BCUT2D eigenvalue weighted by atomic mass is 10.1. The van der Waals surface area contributed by atoms with Gasteiger partial charge < -0.3 is 4.98 Å². The van der Waals surface area contributed by atoms with Crippen molar-refractivity contribution in [3.05, 3.63) is 47.7 Å². The van der Waals surface area contributed by atoms with Gasteiger partial charge in [-0.05, 0) is 31.9 Å². The third kappa shape index (κ3) is 3.07. The summed E-state index contributed by atoms with van der Waals surface area (Å²) in [5.74, 6) is -0.0382. The fourth-order valence-corrected chi connectivity index (χ4v) is 3.26. The van der Waals surface area contributed by atoms with Crippen molar-refractivity contribution < 1.29 is 9.59 Å². The summed E-state index contributed by atoms with van der Waals surface area (Å²) < 4.78 is 0. The van der Waals surface area contributed by atoms with Crippen LogP contribution in [0.3, 0.4) is 0 Å². The minimum atomic E-state index is -0.0193. The molecule has 1 saturated heterocycles. The molecule has 0 spiro atoms. The van der Waals surface area contributed by atoms with Gasteiger partial charge in [0.15, 0.2) is 0 Å². The van der Waals surface area contributed by atoms with Gasteiger partial charge in [-0.3, -0.25) is 19.6 Å². The number of nitrogens with one attached hydrogen (secondary N) is 1. The summed E-state index contributed by atoms with van der Waals surface area (Å²) in [5, 5.41) is 4.30. The van der Waals surface area contributed by atoms with Crippen molar-refractivity contribution in [3.8, 4) is 0 Å². The third-order valence-corrected chi connectivity index (χ3v) is 4.49. The van der Waals surface area contributed by atoms with Crippen LogP contribution in [0.1, 0.15) is 31.0 Å². The molecule has 24 heavy (non-hydrogen) atoms. The normalized spacial score (nSPS) is 14.9. The summed E-state index contributed by atoms with van der Waals surface area (Å²) in [4.78, 5) is 28.4. The van der Waals surface area contributed by atoms with E-state index in [1.54, 1.807) is 10.0 Å². The molecule has 2 aromatic rings. The first-order valence-electron chi connectivity index (χ1n) is 8.39. The van der Waals surface area contributed by atoms with Gasteiger partial charge in [-0.2, -0.15) is 0 Å². The predicted octanol–water partition coefficient (Wildman–Crippen LogP) is 2.96. The number of hydrogen-bond donors (Lipinski definition) is 1. The SMILES string of the molecule is CC=CCC(=O)N1CCCN1C(=O)Cc1c(C)[nH]c2ccccc12. The summed E-state index contributed by atoms with van der Waals surface area (Å²) in [6.45, 7) is 5.11. The Hall–Kier alpha value is -2.56. The summed E-state index contributed by atoms with van der Waals surface area (Å²) in [6, 6.07) is 8.00. The Morgan fingerprint density at radius 1 is 1.17 bits per heavy atom. The number of nitrogens with zero attached hydrogens (tertiary/aromatic N) is 2. The molecule has 2 amide bonds. The lowest BCUT2D eigenvalue weighted by molar-refractivity contribution is -0.156. The van der Waals surface area contributed by atoms with Crippen molar-refractivity contribution in [1.29, 1.82) is 0 Å². The molecular weight excluding hydrogens is 302 g/mol. The molecule has 0 aliphatic carbocycles.